The Morgan fingerprint density at radius 3 is 2.58 bits per heavy atom. The topological polar surface area (TPSA) is 131 Å². The van der Waals surface area contributed by atoms with Gasteiger partial charge in [-0.05, 0) is 41.5 Å². The molecule has 0 aliphatic carbocycles. The number of nitrogens with zero attached hydrogens (tertiary/aromatic N) is 3. The number of halogens is 1. The lowest BCUT2D eigenvalue weighted by Gasteiger charge is -2.11. The summed E-state index contributed by atoms with van der Waals surface area (Å²) >= 11 is 6.58. The van der Waals surface area contributed by atoms with Crippen molar-refractivity contribution >= 4 is 50.1 Å². The zero-order valence-electron chi connectivity index (χ0n) is 17.4. The van der Waals surface area contributed by atoms with Crippen LogP contribution in [0.4, 0.5) is 5.13 Å². The van der Waals surface area contributed by atoms with Gasteiger partial charge in [-0.1, -0.05) is 29.8 Å². The van der Waals surface area contributed by atoms with E-state index in [1.165, 1.54) is 13.2 Å². The van der Waals surface area contributed by atoms with Crippen molar-refractivity contribution in [3.05, 3.63) is 64.2 Å². The van der Waals surface area contributed by atoms with Crippen LogP contribution in [0.25, 0.3) is 6.08 Å². The molecule has 0 atom stereocenters. The molecule has 9 nitrogen and oxygen atoms in total. The number of nitriles is 1. The minimum absolute atomic E-state index is 0.0369. The summed E-state index contributed by atoms with van der Waals surface area (Å²) in [6, 6.07) is 14.0. The van der Waals surface area contributed by atoms with Crippen molar-refractivity contribution in [1.29, 1.82) is 5.26 Å². The summed E-state index contributed by atoms with van der Waals surface area (Å²) in [5, 5.41) is 12.0. The van der Waals surface area contributed by atoms with Crippen LogP contribution in [0.3, 0.4) is 0 Å². The Bertz CT molecular complexity index is 1350. The average molecular weight is 505 g/mol. The van der Waals surface area contributed by atoms with Crippen LogP contribution in [0.2, 0.25) is 5.02 Å². The summed E-state index contributed by atoms with van der Waals surface area (Å²) in [5.74, 6) is 0.141. The van der Waals surface area contributed by atoms with E-state index in [4.69, 9.17) is 21.1 Å². The number of hydrogen-bond donors (Lipinski definition) is 1. The van der Waals surface area contributed by atoms with Gasteiger partial charge in [-0.15, -0.1) is 0 Å². The van der Waals surface area contributed by atoms with Crippen LogP contribution in [0.15, 0.2) is 53.2 Å². The molecule has 0 saturated carbocycles. The van der Waals surface area contributed by atoms with Crippen molar-refractivity contribution in [2.45, 2.75) is 11.8 Å². The number of carbonyl (C=O) groups is 1. The van der Waals surface area contributed by atoms with E-state index in [2.05, 4.69) is 14.7 Å². The summed E-state index contributed by atoms with van der Waals surface area (Å²) in [6.45, 7) is 0.298. The van der Waals surface area contributed by atoms with Gasteiger partial charge in [0.2, 0.25) is 15.0 Å². The maximum absolute atomic E-state index is 12.4. The molecule has 0 saturated heterocycles. The Morgan fingerprint density at radius 1 is 1.24 bits per heavy atom. The second kappa shape index (κ2) is 10.4. The summed E-state index contributed by atoms with van der Waals surface area (Å²) < 4.78 is 37.8. The highest BCUT2D eigenvalue weighted by atomic mass is 35.5. The van der Waals surface area contributed by atoms with Gasteiger partial charge in [0.15, 0.2) is 11.5 Å². The van der Waals surface area contributed by atoms with Gasteiger partial charge in [-0.25, -0.2) is 8.42 Å². The number of sulfone groups is 1. The Kier molecular flexibility index (Phi) is 7.65. The molecular formula is C21H17ClN4O5S2. The van der Waals surface area contributed by atoms with E-state index in [9.17, 15) is 18.5 Å². The van der Waals surface area contributed by atoms with E-state index in [0.29, 0.717) is 40.2 Å². The summed E-state index contributed by atoms with van der Waals surface area (Å²) in [5.41, 5.74) is 1.22. The average Bonchev–Trinajstić information content (AvgIpc) is 3.26. The molecule has 0 radical (unpaired) electrons. The van der Waals surface area contributed by atoms with E-state index in [0.717, 1.165) is 11.8 Å². The molecule has 170 valence electrons. The molecule has 0 aliphatic heterocycles. The summed E-state index contributed by atoms with van der Waals surface area (Å²) in [7, 11) is -2.13. The van der Waals surface area contributed by atoms with E-state index in [-0.39, 0.29) is 10.7 Å². The second-order valence-corrected chi connectivity index (χ2v) is 9.70. The molecular weight excluding hydrogens is 488 g/mol. The standard InChI is InChI=1S/C21H17ClN4O5S2/c1-30-18-10-14(5-8-17(18)31-12-13-3-6-16(22)7-4-13)9-15(11-23)19(27)24-20-25-21(26-32-20)33(2,28)29/h3-10H,12H2,1-2H3,(H,24,25,26,27)/b15-9-. The van der Waals surface area contributed by atoms with Crippen molar-refractivity contribution in [3.8, 4) is 17.6 Å². The first kappa shape index (κ1) is 24.2. The Labute approximate surface area is 199 Å². The number of hydrogen-bond acceptors (Lipinski definition) is 9. The molecule has 1 aromatic heterocycles. The van der Waals surface area contributed by atoms with Gasteiger partial charge in [0.05, 0.1) is 7.11 Å². The smallest absolute Gasteiger partial charge is 0.268 e. The van der Waals surface area contributed by atoms with Crippen molar-refractivity contribution in [2.24, 2.45) is 0 Å². The largest absolute Gasteiger partial charge is 0.493 e. The molecule has 1 heterocycles. The third-order valence-corrected chi connectivity index (χ3v) is 5.97. The van der Waals surface area contributed by atoms with Gasteiger partial charge >= 0.3 is 0 Å². The van der Waals surface area contributed by atoms with Gasteiger partial charge < -0.3 is 9.47 Å². The predicted octanol–water partition coefficient (Wildman–Crippen LogP) is 3.73. The van der Waals surface area contributed by atoms with Gasteiger partial charge in [-0.3, -0.25) is 10.1 Å². The van der Waals surface area contributed by atoms with Crippen molar-refractivity contribution < 1.29 is 22.7 Å². The molecule has 33 heavy (non-hydrogen) atoms. The SMILES string of the molecule is COc1cc(/C=C(/C#N)C(=O)Nc2nc(S(C)(=O)=O)ns2)ccc1OCc1ccc(Cl)cc1. The molecule has 12 heteroatoms. The van der Waals surface area contributed by atoms with Crippen LogP contribution in [-0.4, -0.2) is 37.0 Å². The third kappa shape index (κ3) is 6.52. The highest BCUT2D eigenvalue weighted by Crippen LogP contribution is 2.30. The van der Waals surface area contributed by atoms with E-state index >= 15 is 0 Å². The first-order chi connectivity index (χ1) is 15.7. The number of nitrogens with one attached hydrogen (secondary N) is 1. The minimum Gasteiger partial charge on any atom is -0.493 e. The lowest BCUT2D eigenvalue weighted by atomic mass is 10.1. The third-order valence-electron chi connectivity index (χ3n) is 4.13. The lowest BCUT2D eigenvalue weighted by Crippen LogP contribution is -2.13. The summed E-state index contributed by atoms with van der Waals surface area (Å²) in [6.07, 6.45) is 2.32. The van der Waals surface area contributed by atoms with Gasteiger partial charge in [-0.2, -0.15) is 14.6 Å². The highest BCUT2D eigenvalue weighted by Gasteiger charge is 2.17. The molecule has 1 N–H and O–H groups in total. The minimum atomic E-state index is -3.60. The van der Waals surface area contributed by atoms with Crippen LogP contribution < -0.4 is 14.8 Å². The van der Waals surface area contributed by atoms with Crippen molar-refractivity contribution in [2.75, 3.05) is 18.7 Å². The van der Waals surface area contributed by atoms with Gasteiger partial charge in [0, 0.05) is 22.8 Å². The van der Waals surface area contributed by atoms with E-state index in [1.54, 1.807) is 30.3 Å². The molecule has 0 bridgehead atoms. The molecule has 0 fully saturated rings. The number of rotatable bonds is 8. The number of methoxy groups -OCH3 is 1. The number of anilines is 1. The van der Waals surface area contributed by atoms with Crippen LogP contribution >= 0.6 is 23.1 Å². The van der Waals surface area contributed by atoms with E-state index < -0.39 is 20.9 Å². The monoisotopic (exact) mass is 504 g/mol. The first-order valence-corrected chi connectivity index (χ1v) is 12.3. The Balaban J connectivity index is 1.74. The maximum atomic E-state index is 12.4. The van der Waals surface area contributed by atoms with Crippen LogP contribution in [0, 0.1) is 11.3 Å². The second-order valence-electron chi connectivity index (χ2n) is 6.60. The lowest BCUT2D eigenvalue weighted by molar-refractivity contribution is -0.112. The molecule has 0 spiro atoms. The van der Waals surface area contributed by atoms with E-state index in [1.807, 2.05) is 18.2 Å². The molecule has 3 aromatic rings. The van der Waals surface area contributed by atoms with Crippen LogP contribution in [0.1, 0.15) is 11.1 Å². The number of amides is 1. The number of ether oxygens (including phenoxy) is 2. The zero-order valence-corrected chi connectivity index (χ0v) is 19.8. The maximum Gasteiger partial charge on any atom is 0.268 e. The normalized spacial score (nSPS) is 11.5. The molecule has 3 rings (SSSR count). The fraction of sp³-hybridized carbons (Fsp3) is 0.143. The van der Waals surface area contributed by atoms with Gasteiger partial charge in [0.1, 0.15) is 18.2 Å². The first-order valence-electron chi connectivity index (χ1n) is 9.22. The number of aromatic nitrogens is 2. The quantitative estimate of drug-likeness (QED) is 0.362. The molecule has 2 aromatic carbocycles. The highest BCUT2D eigenvalue weighted by molar-refractivity contribution is 7.90. The molecule has 0 aliphatic rings. The number of benzene rings is 2. The zero-order chi connectivity index (χ0) is 24.0. The Morgan fingerprint density at radius 2 is 1.97 bits per heavy atom. The van der Waals surface area contributed by atoms with Gasteiger partial charge in [0.25, 0.3) is 11.1 Å². The number of carbonyl (C=O) groups excluding carboxylic acids is 1. The fourth-order valence-corrected chi connectivity index (χ4v) is 4.09. The van der Waals surface area contributed by atoms with Crippen molar-refractivity contribution in [3.63, 3.8) is 0 Å². The molecule has 0 unspecified atom stereocenters. The predicted molar refractivity (Wildman–Crippen MR) is 124 cm³/mol. The Hall–Kier alpha value is -3.46. The molecule has 1 amide bonds. The van der Waals surface area contributed by atoms with Crippen LogP contribution in [-0.2, 0) is 21.2 Å². The fourth-order valence-electron chi connectivity index (χ4n) is 2.53. The van der Waals surface area contributed by atoms with Crippen molar-refractivity contribution in [1.82, 2.24) is 9.36 Å². The summed E-state index contributed by atoms with van der Waals surface area (Å²) in [4.78, 5) is 16.2. The van der Waals surface area contributed by atoms with Crippen LogP contribution in [0.5, 0.6) is 11.5 Å².